The summed E-state index contributed by atoms with van der Waals surface area (Å²) in [5.74, 6) is -1.66. The number of carbonyl (C=O) groups excluding carboxylic acids is 2. The van der Waals surface area contributed by atoms with Gasteiger partial charge < -0.3 is 10.1 Å². The minimum absolute atomic E-state index is 0.229. The lowest BCUT2D eigenvalue weighted by Crippen LogP contribution is -2.44. The molecule has 0 aliphatic carbocycles. The van der Waals surface area contributed by atoms with Crippen LogP contribution >= 0.6 is 0 Å². The van der Waals surface area contributed by atoms with E-state index in [1.165, 1.54) is 18.2 Å². The number of benzene rings is 1. The van der Waals surface area contributed by atoms with E-state index in [0.717, 1.165) is 0 Å². The molecule has 2 atom stereocenters. The number of halogens is 1. The van der Waals surface area contributed by atoms with Crippen LogP contribution in [0.1, 0.15) is 25.5 Å². The van der Waals surface area contributed by atoms with Gasteiger partial charge in [-0.05, 0) is 31.5 Å². The smallest absolute Gasteiger partial charge is 0.341 e. The van der Waals surface area contributed by atoms with Gasteiger partial charge in [0.15, 0.2) is 0 Å². The normalized spacial score (nSPS) is 21.9. The van der Waals surface area contributed by atoms with Crippen LogP contribution in [0.4, 0.5) is 9.18 Å². The molecule has 0 aromatic heterocycles. The molecule has 1 aromatic rings. The van der Waals surface area contributed by atoms with Crippen LogP contribution in [-0.2, 0) is 9.53 Å². The Kier molecular flexibility index (Phi) is 4.12. The van der Waals surface area contributed by atoms with Gasteiger partial charge in [-0.25, -0.2) is 14.2 Å². The monoisotopic (exact) mass is 278 g/mol. The third-order valence-electron chi connectivity index (χ3n) is 3.09. The summed E-state index contributed by atoms with van der Waals surface area (Å²) in [7, 11) is 0. The summed E-state index contributed by atoms with van der Waals surface area (Å²) in [5, 5.41) is 2.59. The molecule has 0 spiro atoms. The number of rotatable bonds is 3. The Morgan fingerprint density at radius 3 is 2.90 bits per heavy atom. The maximum Gasteiger partial charge on any atom is 0.341 e. The molecule has 0 bridgehead atoms. The van der Waals surface area contributed by atoms with Gasteiger partial charge in [-0.3, -0.25) is 4.79 Å². The molecule has 0 saturated heterocycles. The minimum Gasteiger partial charge on any atom is -0.465 e. The molecule has 1 heterocycles. The molecule has 20 heavy (non-hydrogen) atoms. The molecular formula is C14H15FN2O3. The van der Waals surface area contributed by atoms with Crippen molar-refractivity contribution in [3.63, 3.8) is 0 Å². The highest BCUT2D eigenvalue weighted by Gasteiger charge is 2.37. The zero-order chi connectivity index (χ0) is 14.7. The second kappa shape index (κ2) is 5.81. The van der Waals surface area contributed by atoms with Gasteiger partial charge in [-0.2, -0.15) is 0 Å². The summed E-state index contributed by atoms with van der Waals surface area (Å²) in [4.78, 5) is 27.3. The summed E-state index contributed by atoms with van der Waals surface area (Å²) < 4.78 is 18.3. The summed E-state index contributed by atoms with van der Waals surface area (Å²) in [6.45, 7) is 3.52. The average molecular weight is 278 g/mol. The van der Waals surface area contributed by atoms with E-state index in [2.05, 4.69) is 10.3 Å². The zero-order valence-corrected chi connectivity index (χ0v) is 11.2. The molecule has 5 nitrogen and oxygen atoms in total. The number of urea groups is 1. The van der Waals surface area contributed by atoms with E-state index >= 15 is 0 Å². The molecule has 1 aromatic carbocycles. The fourth-order valence-corrected chi connectivity index (χ4v) is 2.23. The maximum absolute atomic E-state index is 13.3. The first-order valence-electron chi connectivity index (χ1n) is 6.30. The molecule has 0 saturated carbocycles. The standard InChI is InChI=1S/C14H15FN2O3/c1-3-20-13(18)11-8(2)16-14(19)17-12(11)9-5-4-6-10(15)7-9/h4-7,11-12H,3H2,1-2H3,(H,17,19). The molecule has 1 N–H and O–H groups in total. The fraction of sp³-hybridized carbons (Fsp3) is 0.357. The van der Waals surface area contributed by atoms with Crippen molar-refractivity contribution < 1.29 is 18.7 Å². The lowest BCUT2D eigenvalue weighted by molar-refractivity contribution is -0.146. The second-order valence-electron chi connectivity index (χ2n) is 4.47. The molecule has 1 aliphatic rings. The van der Waals surface area contributed by atoms with Crippen LogP contribution in [-0.4, -0.2) is 24.3 Å². The minimum atomic E-state index is -0.741. The zero-order valence-electron chi connectivity index (χ0n) is 11.2. The summed E-state index contributed by atoms with van der Waals surface area (Å²) in [5.41, 5.74) is 0.868. The first-order valence-corrected chi connectivity index (χ1v) is 6.30. The Morgan fingerprint density at radius 2 is 2.25 bits per heavy atom. The first kappa shape index (κ1) is 14.2. The predicted molar refractivity (Wildman–Crippen MR) is 70.9 cm³/mol. The van der Waals surface area contributed by atoms with Gasteiger partial charge in [0.25, 0.3) is 0 Å². The van der Waals surface area contributed by atoms with Crippen LogP contribution in [0.5, 0.6) is 0 Å². The molecule has 0 radical (unpaired) electrons. The number of nitrogens with zero attached hydrogens (tertiary/aromatic N) is 1. The van der Waals surface area contributed by atoms with E-state index in [1.807, 2.05) is 0 Å². The third kappa shape index (κ3) is 2.84. The summed E-state index contributed by atoms with van der Waals surface area (Å²) >= 11 is 0. The Labute approximate surface area is 115 Å². The van der Waals surface area contributed by atoms with E-state index in [0.29, 0.717) is 11.3 Å². The molecule has 1 aliphatic heterocycles. The number of amides is 2. The highest BCUT2D eigenvalue weighted by Crippen LogP contribution is 2.28. The Bertz CT molecular complexity index is 571. The average Bonchev–Trinajstić information content (AvgIpc) is 2.37. The van der Waals surface area contributed by atoms with Crippen LogP contribution in [0.2, 0.25) is 0 Å². The van der Waals surface area contributed by atoms with Crippen LogP contribution in [0.3, 0.4) is 0 Å². The number of carbonyl (C=O) groups is 2. The van der Waals surface area contributed by atoms with Gasteiger partial charge >= 0.3 is 12.0 Å². The molecular weight excluding hydrogens is 263 g/mol. The van der Waals surface area contributed by atoms with Gasteiger partial charge in [0.2, 0.25) is 0 Å². The van der Waals surface area contributed by atoms with Crippen LogP contribution < -0.4 is 5.32 Å². The Hall–Kier alpha value is -2.24. The topological polar surface area (TPSA) is 67.8 Å². The van der Waals surface area contributed by atoms with Crippen molar-refractivity contribution in [1.82, 2.24) is 5.32 Å². The Morgan fingerprint density at radius 1 is 1.50 bits per heavy atom. The van der Waals surface area contributed by atoms with E-state index in [-0.39, 0.29) is 6.61 Å². The van der Waals surface area contributed by atoms with Gasteiger partial charge in [0.05, 0.1) is 12.6 Å². The van der Waals surface area contributed by atoms with E-state index < -0.39 is 29.8 Å². The molecule has 2 amide bonds. The fourth-order valence-electron chi connectivity index (χ4n) is 2.23. The van der Waals surface area contributed by atoms with Crippen LogP contribution in [0.25, 0.3) is 0 Å². The van der Waals surface area contributed by atoms with E-state index in [9.17, 15) is 14.0 Å². The van der Waals surface area contributed by atoms with Crippen molar-refractivity contribution in [2.75, 3.05) is 6.61 Å². The van der Waals surface area contributed by atoms with Crippen LogP contribution in [0.15, 0.2) is 29.3 Å². The summed E-state index contributed by atoms with van der Waals surface area (Å²) in [6.07, 6.45) is 0. The highest BCUT2D eigenvalue weighted by molar-refractivity contribution is 6.08. The van der Waals surface area contributed by atoms with Crippen molar-refractivity contribution >= 4 is 17.7 Å². The third-order valence-corrected chi connectivity index (χ3v) is 3.09. The summed E-state index contributed by atoms with van der Waals surface area (Å²) in [6, 6.07) is 4.55. The van der Waals surface area contributed by atoms with Gasteiger partial charge in [-0.15, -0.1) is 0 Å². The molecule has 6 heteroatoms. The molecule has 106 valence electrons. The SMILES string of the molecule is CCOC(=O)C1C(C)=NC(=O)NC1c1cccc(F)c1. The van der Waals surface area contributed by atoms with Crippen molar-refractivity contribution in [2.24, 2.45) is 10.9 Å². The van der Waals surface area contributed by atoms with Crippen molar-refractivity contribution in [3.05, 3.63) is 35.6 Å². The lowest BCUT2D eigenvalue weighted by Gasteiger charge is -2.29. The van der Waals surface area contributed by atoms with E-state index in [4.69, 9.17) is 4.74 Å². The van der Waals surface area contributed by atoms with Crippen molar-refractivity contribution in [2.45, 2.75) is 19.9 Å². The van der Waals surface area contributed by atoms with Crippen molar-refractivity contribution in [1.29, 1.82) is 0 Å². The van der Waals surface area contributed by atoms with Gasteiger partial charge in [0, 0.05) is 5.71 Å². The van der Waals surface area contributed by atoms with E-state index in [1.54, 1.807) is 19.9 Å². The number of aliphatic imine (C=N–C) groups is 1. The number of hydrogen-bond acceptors (Lipinski definition) is 3. The highest BCUT2D eigenvalue weighted by atomic mass is 19.1. The van der Waals surface area contributed by atoms with Gasteiger partial charge in [-0.1, -0.05) is 12.1 Å². The maximum atomic E-state index is 13.3. The van der Waals surface area contributed by atoms with Crippen LogP contribution in [0, 0.1) is 11.7 Å². The predicted octanol–water partition coefficient (Wildman–Crippen LogP) is 2.23. The lowest BCUT2D eigenvalue weighted by atomic mass is 9.88. The van der Waals surface area contributed by atoms with Crippen molar-refractivity contribution in [3.8, 4) is 0 Å². The molecule has 2 unspecified atom stereocenters. The quantitative estimate of drug-likeness (QED) is 0.862. The largest absolute Gasteiger partial charge is 0.465 e. The Balaban J connectivity index is 2.40. The molecule has 2 rings (SSSR count). The number of esters is 1. The number of nitrogens with one attached hydrogen (secondary N) is 1. The number of ether oxygens (including phenoxy) is 1. The second-order valence-corrected chi connectivity index (χ2v) is 4.47. The van der Waals surface area contributed by atoms with Gasteiger partial charge in [0.1, 0.15) is 11.7 Å². The number of hydrogen-bond donors (Lipinski definition) is 1. The molecule has 0 fully saturated rings. The first-order chi connectivity index (χ1) is 9.52.